The van der Waals surface area contributed by atoms with Crippen LogP contribution in [0.3, 0.4) is 0 Å². The number of carbonyl (C=O) groups excluding carboxylic acids is 1. The highest BCUT2D eigenvalue weighted by Gasteiger charge is 2.21. The maximum absolute atomic E-state index is 12.7. The molecule has 1 amide bonds. The van der Waals surface area contributed by atoms with Crippen LogP contribution in [0.25, 0.3) is 0 Å². The molecule has 0 unspecified atom stereocenters. The lowest BCUT2D eigenvalue weighted by atomic mass is 10.3. The van der Waals surface area contributed by atoms with Crippen LogP contribution in [0.15, 0.2) is 77.3 Å². The van der Waals surface area contributed by atoms with E-state index in [0.717, 1.165) is 0 Å². The van der Waals surface area contributed by atoms with Gasteiger partial charge >= 0.3 is 0 Å². The van der Waals surface area contributed by atoms with Gasteiger partial charge in [-0.3, -0.25) is 4.79 Å². The smallest absolute Gasteiger partial charge is 0.234 e. The lowest BCUT2D eigenvalue weighted by Crippen LogP contribution is -2.16. The van der Waals surface area contributed by atoms with E-state index in [2.05, 4.69) is 22.1 Å². The monoisotopic (exact) mass is 472 g/mol. The number of rotatable bonds is 11. The predicted molar refractivity (Wildman–Crippen MR) is 125 cm³/mol. The molecule has 0 aliphatic heterocycles. The van der Waals surface area contributed by atoms with Crippen LogP contribution in [0.4, 0.5) is 5.69 Å². The van der Waals surface area contributed by atoms with Crippen LogP contribution >= 0.6 is 11.8 Å². The molecule has 0 aliphatic rings. The molecule has 0 radical (unpaired) electrons. The molecule has 8 nitrogen and oxygen atoms in total. The van der Waals surface area contributed by atoms with Crippen molar-refractivity contribution in [2.45, 2.75) is 29.3 Å². The number of hydrogen-bond donors (Lipinski definition) is 1. The van der Waals surface area contributed by atoms with Gasteiger partial charge in [0, 0.05) is 6.54 Å². The van der Waals surface area contributed by atoms with E-state index in [4.69, 9.17) is 4.74 Å². The Balaban J connectivity index is 1.70. The summed E-state index contributed by atoms with van der Waals surface area (Å²) < 4.78 is 32.6. The number of allylic oxidation sites excluding steroid dienone is 1. The third kappa shape index (κ3) is 5.98. The number of ether oxygens (including phenoxy) is 1. The molecule has 0 saturated carbocycles. The van der Waals surface area contributed by atoms with Gasteiger partial charge in [-0.1, -0.05) is 48.2 Å². The summed E-state index contributed by atoms with van der Waals surface area (Å²) in [6, 6.07) is 15.4. The summed E-state index contributed by atoms with van der Waals surface area (Å²) in [6.45, 7) is 6.40. The topological polar surface area (TPSA) is 103 Å². The largest absolute Gasteiger partial charge is 0.492 e. The number of amides is 1. The van der Waals surface area contributed by atoms with Crippen molar-refractivity contribution in [3.05, 3.63) is 73.1 Å². The Kier molecular flexibility index (Phi) is 8.07. The van der Waals surface area contributed by atoms with Gasteiger partial charge in [-0.2, -0.15) is 0 Å². The molecule has 0 bridgehead atoms. The minimum absolute atomic E-state index is 0.0706. The lowest BCUT2D eigenvalue weighted by molar-refractivity contribution is -0.113. The van der Waals surface area contributed by atoms with E-state index in [-0.39, 0.29) is 22.3 Å². The number of sulfone groups is 1. The van der Waals surface area contributed by atoms with Crippen LogP contribution in [-0.2, 0) is 26.9 Å². The number of carbonyl (C=O) groups is 1. The van der Waals surface area contributed by atoms with E-state index in [0.29, 0.717) is 35.6 Å². The van der Waals surface area contributed by atoms with E-state index in [1.165, 1.54) is 11.8 Å². The highest BCUT2D eigenvalue weighted by molar-refractivity contribution is 7.99. The second-order valence-electron chi connectivity index (χ2n) is 6.64. The first kappa shape index (κ1) is 23.6. The molecule has 0 fully saturated rings. The predicted octanol–water partition coefficient (Wildman–Crippen LogP) is 3.57. The third-order valence-electron chi connectivity index (χ3n) is 4.32. The minimum atomic E-state index is -3.58. The summed E-state index contributed by atoms with van der Waals surface area (Å²) in [6.07, 6.45) is 1.63. The molecule has 32 heavy (non-hydrogen) atoms. The van der Waals surface area contributed by atoms with Crippen molar-refractivity contribution in [3.63, 3.8) is 0 Å². The molecule has 1 aromatic heterocycles. The molecule has 10 heteroatoms. The van der Waals surface area contributed by atoms with Gasteiger partial charge in [0.05, 0.1) is 22.9 Å². The van der Waals surface area contributed by atoms with Crippen molar-refractivity contribution < 1.29 is 17.9 Å². The zero-order chi connectivity index (χ0) is 23.0. The van der Waals surface area contributed by atoms with Gasteiger partial charge in [-0.25, -0.2) is 8.42 Å². The number of benzene rings is 2. The molecule has 0 atom stereocenters. The molecule has 0 saturated heterocycles. The fourth-order valence-corrected chi connectivity index (χ4v) is 4.95. The van der Waals surface area contributed by atoms with Crippen molar-refractivity contribution in [3.8, 4) is 5.75 Å². The van der Waals surface area contributed by atoms with E-state index in [1.54, 1.807) is 53.1 Å². The fourth-order valence-electron chi connectivity index (χ4n) is 2.89. The average Bonchev–Trinajstić information content (AvgIpc) is 3.15. The Morgan fingerprint density at radius 3 is 2.59 bits per heavy atom. The number of thioether (sulfide) groups is 1. The Hall–Kier alpha value is -3.11. The van der Waals surface area contributed by atoms with Crippen LogP contribution in [0.5, 0.6) is 5.75 Å². The van der Waals surface area contributed by atoms with E-state index < -0.39 is 9.84 Å². The summed E-state index contributed by atoms with van der Waals surface area (Å²) in [5.41, 5.74) is 0.585. The van der Waals surface area contributed by atoms with Gasteiger partial charge in [0.25, 0.3) is 0 Å². The van der Waals surface area contributed by atoms with Crippen LogP contribution in [0.1, 0.15) is 12.7 Å². The molecular formula is C22H24N4O4S2. The standard InChI is InChI=1S/C22H24N4O4S2/c1-3-14-26-20(16-32(28,29)17-10-6-5-7-11-17)24-25-22(26)31-15-21(27)23-18-12-8-9-13-19(18)30-4-2/h3,5-13H,1,4,14-16H2,2H3,(H,23,27). The maximum Gasteiger partial charge on any atom is 0.234 e. The lowest BCUT2D eigenvalue weighted by Gasteiger charge is -2.11. The Morgan fingerprint density at radius 2 is 1.88 bits per heavy atom. The van der Waals surface area contributed by atoms with Crippen LogP contribution < -0.4 is 10.1 Å². The molecule has 3 aromatic rings. The van der Waals surface area contributed by atoms with Crippen molar-refractivity contribution in [1.82, 2.24) is 14.8 Å². The Bertz CT molecular complexity index is 1180. The second kappa shape index (κ2) is 11.0. The number of anilines is 1. The SMILES string of the molecule is C=CCn1c(CS(=O)(=O)c2ccccc2)nnc1SCC(=O)Nc1ccccc1OCC. The molecule has 0 spiro atoms. The zero-order valence-corrected chi connectivity index (χ0v) is 19.2. The first-order valence-corrected chi connectivity index (χ1v) is 12.5. The Morgan fingerprint density at radius 1 is 1.16 bits per heavy atom. The van der Waals surface area contributed by atoms with Crippen LogP contribution in [0.2, 0.25) is 0 Å². The molecule has 0 aliphatic carbocycles. The van der Waals surface area contributed by atoms with Crippen LogP contribution in [-0.4, -0.2) is 41.4 Å². The molecule has 3 rings (SSSR count). The van der Waals surface area contributed by atoms with Gasteiger partial charge in [-0.15, -0.1) is 16.8 Å². The molecule has 168 valence electrons. The van der Waals surface area contributed by atoms with E-state index in [9.17, 15) is 13.2 Å². The summed E-state index contributed by atoms with van der Waals surface area (Å²) in [4.78, 5) is 12.7. The number of para-hydroxylation sites is 2. The zero-order valence-electron chi connectivity index (χ0n) is 17.6. The first-order chi connectivity index (χ1) is 15.4. The molecular weight excluding hydrogens is 448 g/mol. The van der Waals surface area contributed by atoms with E-state index in [1.807, 2.05) is 19.1 Å². The number of aromatic nitrogens is 3. The van der Waals surface area contributed by atoms with Crippen LogP contribution in [0, 0.1) is 0 Å². The molecule has 1 heterocycles. The fraction of sp³-hybridized carbons (Fsp3) is 0.227. The average molecular weight is 473 g/mol. The van der Waals surface area contributed by atoms with Gasteiger partial charge in [-0.05, 0) is 31.2 Å². The van der Waals surface area contributed by atoms with Crippen molar-refractivity contribution in [2.75, 3.05) is 17.7 Å². The van der Waals surface area contributed by atoms with Gasteiger partial charge in [0.1, 0.15) is 17.3 Å². The normalized spacial score (nSPS) is 11.2. The summed E-state index contributed by atoms with van der Waals surface area (Å²) >= 11 is 1.17. The second-order valence-corrected chi connectivity index (χ2v) is 9.57. The number of nitrogens with zero attached hydrogens (tertiary/aromatic N) is 3. The van der Waals surface area contributed by atoms with Gasteiger partial charge < -0.3 is 14.6 Å². The molecule has 1 N–H and O–H groups in total. The minimum Gasteiger partial charge on any atom is -0.492 e. The summed E-state index contributed by atoms with van der Waals surface area (Å²) in [7, 11) is -3.58. The number of hydrogen-bond acceptors (Lipinski definition) is 7. The Labute approximate surface area is 191 Å². The molecule has 2 aromatic carbocycles. The third-order valence-corrected chi connectivity index (χ3v) is 6.92. The van der Waals surface area contributed by atoms with E-state index >= 15 is 0 Å². The van der Waals surface area contributed by atoms with Crippen molar-refractivity contribution in [1.29, 1.82) is 0 Å². The van der Waals surface area contributed by atoms with Gasteiger partial charge in [0.2, 0.25) is 5.91 Å². The van der Waals surface area contributed by atoms with Gasteiger partial charge in [0.15, 0.2) is 15.0 Å². The number of nitrogens with one attached hydrogen (secondary N) is 1. The first-order valence-electron chi connectivity index (χ1n) is 9.90. The van der Waals surface area contributed by atoms with Crippen molar-refractivity contribution >= 4 is 33.2 Å². The maximum atomic E-state index is 12.7. The van der Waals surface area contributed by atoms with Crippen molar-refractivity contribution in [2.24, 2.45) is 0 Å². The summed E-state index contributed by atoms with van der Waals surface area (Å²) in [5.74, 6) is 0.414. The highest BCUT2D eigenvalue weighted by atomic mass is 32.2. The quantitative estimate of drug-likeness (QED) is 0.336. The highest BCUT2D eigenvalue weighted by Crippen LogP contribution is 2.25. The summed E-state index contributed by atoms with van der Waals surface area (Å²) in [5, 5.41) is 11.4.